The van der Waals surface area contributed by atoms with Gasteiger partial charge in [-0.15, -0.1) is 0 Å². The Morgan fingerprint density at radius 3 is 3.16 bits per heavy atom. The zero-order valence-electron chi connectivity index (χ0n) is 11.8. The van der Waals surface area contributed by atoms with Crippen LogP contribution in [0.15, 0.2) is 24.3 Å². The van der Waals surface area contributed by atoms with Gasteiger partial charge in [-0.3, -0.25) is 4.90 Å². The third-order valence-electron chi connectivity index (χ3n) is 4.43. The Hall–Kier alpha value is -0.900. The van der Waals surface area contributed by atoms with E-state index in [0.717, 1.165) is 26.1 Å². The number of nitrogens with one attached hydrogen (secondary N) is 1. The van der Waals surface area contributed by atoms with Crippen molar-refractivity contribution in [3.8, 4) is 0 Å². The third-order valence-corrected chi connectivity index (χ3v) is 4.43. The normalized spacial score (nSPS) is 28.1. The van der Waals surface area contributed by atoms with Gasteiger partial charge in [0.1, 0.15) is 0 Å². The lowest BCUT2D eigenvalue weighted by Gasteiger charge is -2.36. The smallest absolute Gasteiger partial charge is 0.0954 e. The van der Waals surface area contributed by atoms with Crippen molar-refractivity contribution in [1.82, 2.24) is 10.2 Å². The minimum atomic E-state index is 0.264. The maximum atomic E-state index is 6.01. The van der Waals surface area contributed by atoms with E-state index >= 15 is 0 Å². The maximum absolute atomic E-state index is 6.01. The van der Waals surface area contributed by atoms with Gasteiger partial charge in [0.15, 0.2) is 0 Å². The molecule has 0 spiro atoms. The Labute approximate surface area is 115 Å². The van der Waals surface area contributed by atoms with Crippen LogP contribution in [0.25, 0.3) is 0 Å². The van der Waals surface area contributed by atoms with Crippen molar-refractivity contribution in [2.45, 2.75) is 31.4 Å². The molecule has 3 nitrogen and oxygen atoms in total. The molecule has 1 aromatic carbocycles. The molecule has 0 saturated carbocycles. The summed E-state index contributed by atoms with van der Waals surface area (Å²) in [7, 11) is 2.07. The van der Waals surface area contributed by atoms with Crippen LogP contribution in [-0.4, -0.2) is 44.2 Å². The summed E-state index contributed by atoms with van der Waals surface area (Å²) in [4.78, 5) is 2.55. The first-order chi connectivity index (χ1) is 9.36. The van der Waals surface area contributed by atoms with Crippen LogP contribution in [0.3, 0.4) is 0 Å². The number of fused-ring (bicyclic) bond motifs is 1. The molecular weight excluding hydrogens is 236 g/mol. The molecule has 3 rings (SSSR count). The summed E-state index contributed by atoms with van der Waals surface area (Å²) >= 11 is 0. The van der Waals surface area contributed by atoms with E-state index in [9.17, 15) is 0 Å². The Morgan fingerprint density at radius 2 is 2.26 bits per heavy atom. The molecule has 0 aliphatic carbocycles. The van der Waals surface area contributed by atoms with Crippen molar-refractivity contribution in [2.75, 3.05) is 33.3 Å². The van der Waals surface area contributed by atoms with Crippen molar-refractivity contribution in [2.24, 2.45) is 0 Å². The number of hydrogen-bond acceptors (Lipinski definition) is 3. The third kappa shape index (κ3) is 2.99. The lowest BCUT2D eigenvalue weighted by Crippen LogP contribution is -2.46. The molecule has 104 valence electrons. The number of benzene rings is 1. The van der Waals surface area contributed by atoms with Gasteiger partial charge in [0, 0.05) is 19.1 Å². The topological polar surface area (TPSA) is 24.5 Å². The lowest BCUT2D eigenvalue weighted by atomic mass is 9.96. The highest BCUT2D eigenvalue weighted by atomic mass is 16.5. The summed E-state index contributed by atoms with van der Waals surface area (Å²) < 4.78 is 6.01. The highest BCUT2D eigenvalue weighted by Gasteiger charge is 2.25. The van der Waals surface area contributed by atoms with Gasteiger partial charge < -0.3 is 10.1 Å². The molecule has 1 N–H and O–H groups in total. The van der Waals surface area contributed by atoms with E-state index in [0.29, 0.717) is 6.04 Å². The molecule has 0 amide bonds. The predicted octanol–water partition coefficient (Wildman–Crippen LogP) is 1.98. The second-order valence-electron chi connectivity index (χ2n) is 5.70. The molecule has 3 heteroatoms. The van der Waals surface area contributed by atoms with E-state index in [1.54, 1.807) is 0 Å². The summed E-state index contributed by atoms with van der Waals surface area (Å²) in [6.45, 7) is 4.26. The van der Waals surface area contributed by atoms with Crippen LogP contribution in [0.1, 0.15) is 30.1 Å². The van der Waals surface area contributed by atoms with Gasteiger partial charge in [-0.2, -0.15) is 0 Å². The molecule has 1 aromatic rings. The van der Waals surface area contributed by atoms with E-state index in [-0.39, 0.29) is 6.10 Å². The number of hydrogen-bond donors (Lipinski definition) is 1. The number of likely N-dealkylation sites (tertiary alicyclic amines) is 1. The van der Waals surface area contributed by atoms with Gasteiger partial charge >= 0.3 is 0 Å². The van der Waals surface area contributed by atoms with Crippen LogP contribution in [0.4, 0.5) is 0 Å². The molecule has 0 aromatic heterocycles. The quantitative estimate of drug-likeness (QED) is 0.899. The average molecular weight is 260 g/mol. The summed E-state index contributed by atoms with van der Waals surface area (Å²) in [6, 6.07) is 9.40. The summed E-state index contributed by atoms with van der Waals surface area (Å²) in [5.41, 5.74) is 2.88. The fraction of sp³-hybridized carbons (Fsp3) is 0.625. The van der Waals surface area contributed by atoms with E-state index in [2.05, 4.69) is 41.5 Å². The first-order valence-electron chi connectivity index (χ1n) is 7.46. The highest BCUT2D eigenvalue weighted by Crippen LogP contribution is 2.28. The maximum Gasteiger partial charge on any atom is 0.0954 e. The van der Waals surface area contributed by atoms with Crippen LogP contribution in [0, 0.1) is 0 Å². The first kappa shape index (κ1) is 13.1. The zero-order valence-corrected chi connectivity index (χ0v) is 11.8. The molecule has 1 saturated heterocycles. The van der Waals surface area contributed by atoms with Crippen LogP contribution >= 0.6 is 0 Å². The number of rotatable bonds is 3. The fourth-order valence-corrected chi connectivity index (χ4v) is 3.32. The molecule has 2 heterocycles. The minimum absolute atomic E-state index is 0.264. The minimum Gasteiger partial charge on any atom is -0.372 e. The molecule has 0 bridgehead atoms. The number of piperidine rings is 1. The van der Waals surface area contributed by atoms with E-state index in [1.807, 2.05) is 0 Å². The van der Waals surface area contributed by atoms with Gasteiger partial charge in [-0.05, 0) is 44.0 Å². The van der Waals surface area contributed by atoms with E-state index in [4.69, 9.17) is 4.74 Å². The van der Waals surface area contributed by atoms with Crippen molar-refractivity contribution >= 4 is 0 Å². The molecule has 19 heavy (non-hydrogen) atoms. The lowest BCUT2D eigenvalue weighted by molar-refractivity contribution is 0.00945. The molecule has 0 radical (unpaired) electrons. The van der Waals surface area contributed by atoms with Gasteiger partial charge in [-0.1, -0.05) is 24.3 Å². The van der Waals surface area contributed by atoms with Crippen molar-refractivity contribution in [1.29, 1.82) is 0 Å². The van der Waals surface area contributed by atoms with Gasteiger partial charge in [0.2, 0.25) is 0 Å². The van der Waals surface area contributed by atoms with Gasteiger partial charge in [-0.25, -0.2) is 0 Å². The first-order valence-corrected chi connectivity index (χ1v) is 7.46. The van der Waals surface area contributed by atoms with Crippen LogP contribution in [0.2, 0.25) is 0 Å². The van der Waals surface area contributed by atoms with Gasteiger partial charge in [0.05, 0.1) is 12.7 Å². The Kier molecular flexibility index (Phi) is 4.16. The molecule has 1 fully saturated rings. The molecule has 2 atom stereocenters. The Morgan fingerprint density at radius 1 is 1.37 bits per heavy atom. The number of nitrogens with zero attached hydrogens (tertiary/aromatic N) is 1. The second-order valence-corrected chi connectivity index (χ2v) is 5.70. The summed E-state index contributed by atoms with van der Waals surface area (Å²) in [5.74, 6) is 0. The largest absolute Gasteiger partial charge is 0.372 e. The second kappa shape index (κ2) is 6.04. The Balaban J connectivity index is 1.67. The van der Waals surface area contributed by atoms with Crippen molar-refractivity contribution in [3.63, 3.8) is 0 Å². The monoisotopic (exact) mass is 260 g/mol. The molecule has 2 aliphatic heterocycles. The molecular formula is C16H24N2O. The highest BCUT2D eigenvalue weighted by molar-refractivity contribution is 5.31. The average Bonchev–Trinajstić information content (AvgIpc) is 2.48. The Bertz CT molecular complexity index is 421. The zero-order chi connectivity index (χ0) is 13.1. The number of ether oxygens (including phenoxy) is 1. The van der Waals surface area contributed by atoms with Crippen LogP contribution in [-0.2, 0) is 11.2 Å². The van der Waals surface area contributed by atoms with Crippen molar-refractivity contribution in [3.05, 3.63) is 35.4 Å². The fourth-order valence-electron chi connectivity index (χ4n) is 3.32. The molecule has 2 aliphatic rings. The molecule has 2 unspecified atom stereocenters. The van der Waals surface area contributed by atoms with Crippen LogP contribution in [0.5, 0.6) is 0 Å². The predicted molar refractivity (Wildman–Crippen MR) is 77.4 cm³/mol. The summed E-state index contributed by atoms with van der Waals surface area (Å²) in [5, 5.41) is 3.41. The van der Waals surface area contributed by atoms with Crippen LogP contribution < -0.4 is 5.32 Å². The standard InChI is InChI=1S/C16H24N2O/c1-17-14-6-4-9-18(11-14)12-16-15-7-3-2-5-13(15)8-10-19-16/h2-3,5,7,14,16-17H,4,6,8-12H2,1H3. The SMILES string of the molecule is CNC1CCCN(CC2OCCc3ccccc32)C1. The summed E-state index contributed by atoms with van der Waals surface area (Å²) in [6.07, 6.45) is 3.92. The van der Waals surface area contributed by atoms with E-state index < -0.39 is 0 Å². The van der Waals surface area contributed by atoms with E-state index in [1.165, 1.54) is 30.5 Å². The number of likely N-dealkylation sites (N-methyl/N-ethyl adjacent to an activating group) is 1. The van der Waals surface area contributed by atoms with Crippen molar-refractivity contribution < 1.29 is 4.74 Å². The van der Waals surface area contributed by atoms with Gasteiger partial charge in [0.25, 0.3) is 0 Å².